The number of sulfonamides is 1. The lowest BCUT2D eigenvalue weighted by molar-refractivity contribution is -0.114. The zero-order valence-corrected chi connectivity index (χ0v) is 10.9. The number of nitrogens with two attached hydrogens (primary N) is 1. The van der Waals surface area contributed by atoms with E-state index < -0.39 is 15.8 Å². The second-order valence-corrected chi connectivity index (χ2v) is 5.57. The summed E-state index contributed by atoms with van der Waals surface area (Å²) in [5, 5.41) is 18.4. The smallest absolute Gasteiger partial charge is 0.241 e. The molecule has 0 saturated heterocycles. The molecule has 0 atom stereocenters. The number of aromatic hydroxyl groups is 1. The zero-order valence-electron chi connectivity index (χ0n) is 10.0. The molecule has 100 valence electrons. The van der Waals surface area contributed by atoms with E-state index in [-0.39, 0.29) is 10.8 Å². The average molecular weight is 280 g/mol. The molecular weight excluding hydrogens is 268 g/mol. The van der Waals surface area contributed by atoms with E-state index in [1.807, 2.05) is 0 Å². The first-order chi connectivity index (χ1) is 8.80. The summed E-state index contributed by atoms with van der Waals surface area (Å²) in [5.74, 6) is -0.685. The van der Waals surface area contributed by atoms with Crippen LogP contribution in [-0.2, 0) is 14.8 Å². The predicted molar refractivity (Wildman–Crippen MR) is 71.3 cm³/mol. The van der Waals surface area contributed by atoms with Crippen LogP contribution in [0.2, 0.25) is 0 Å². The Balaban J connectivity index is 2.76. The summed E-state index contributed by atoms with van der Waals surface area (Å²) in [4.78, 5) is 10.7. The Morgan fingerprint density at radius 1 is 1.21 bits per heavy atom. The predicted octanol–water partition coefficient (Wildman–Crippen LogP) is 1.15. The number of primary sulfonamides is 1. The fourth-order valence-electron chi connectivity index (χ4n) is 1.85. The number of rotatable bonds is 2. The van der Waals surface area contributed by atoms with E-state index in [9.17, 15) is 18.3 Å². The molecule has 19 heavy (non-hydrogen) atoms. The Morgan fingerprint density at radius 3 is 2.47 bits per heavy atom. The Morgan fingerprint density at radius 2 is 1.89 bits per heavy atom. The lowest BCUT2D eigenvalue weighted by Crippen LogP contribution is -2.12. The highest BCUT2D eigenvalue weighted by molar-refractivity contribution is 7.89. The number of fused-ring (bicyclic) bond motifs is 1. The molecule has 4 N–H and O–H groups in total. The molecule has 0 bridgehead atoms. The van der Waals surface area contributed by atoms with Crippen molar-refractivity contribution >= 4 is 32.4 Å². The third-order valence-corrected chi connectivity index (χ3v) is 3.56. The number of hydrogen-bond acceptors (Lipinski definition) is 4. The highest BCUT2D eigenvalue weighted by Crippen LogP contribution is 2.34. The first-order valence-corrected chi connectivity index (χ1v) is 6.90. The van der Waals surface area contributed by atoms with Gasteiger partial charge in [-0.15, -0.1) is 0 Å². The van der Waals surface area contributed by atoms with E-state index in [1.54, 1.807) is 18.2 Å². The number of anilines is 1. The molecule has 7 heteroatoms. The zero-order chi connectivity index (χ0) is 14.2. The van der Waals surface area contributed by atoms with Gasteiger partial charge in [-0.3, -0.25) is 4.79 Å². The van der Waals surface area contributed by atoms with E-state index in [0.29, 0.717) is 16.5 Å². The van der Waals surface area contributed by atoms with Gasteiger partial charge < -0.3 is 10.4 Å². The molecule has 0 unspecified atom stereocenters. The SMILES string of the molecule is CC(=O)Nc1cccc2c(O)c(S(N)(=O)=O)ccc12. The number of hydrogen-bond donors (Lipinski definition) is 3. The fraction of sp³-hybridized carbons (Fsp3) is 0.0833. The van der Waals surface area contributed by atoms with Crippen molar-refractivity contribution in [1.82, 2.24) is 0 Å². The van der Waals surface area contributed by atoms with Crippen molar-refractivity contribution in [1.29, 1.82) is 0 Å². The van der Waals surface area contributed by atoms with Crippen molar-refractivity contribution in [3.05, 3.63) is 30.3 Å². The lowest BCUT2D eigenvalue weighted by atomic mass is 10.1. The molecule has 0 spiro atoms. The van der Waals surface area contributed by atoms with Crippen LogP contribution in [0, 0.1) is 0 Å². The van der Waals surface area contributed by atoms with Crippen LogP contribution in [-0.4, -0.2) is 19.4 Å². The van der Waals surface area contributed by atoms with Crippen molar-refractivity contribution in [2.45, 2.75) is 11.8 Å². The summed E-state index contributed by atoms with van der Waals surface area (Å²) in [6, 6.07) is 7.49. The highest BCUT2D eigenvalue weighted by atomic mass is 32.2. The Labute approximate surface area is 109 Å². The van der Waals surface area contributed by atoms with Crippen LogP contribution in [0.3, 0.4) is 0 Å². The summed E-state index contributed by atoms with van der Waals surface area (Å²) >= 11 is 0. The van der Waals surface area contributed by atoms with Gasteiger partial charge in [0.05, 0.1) is 0 Å². The van der Waals surface area contributed by atoms with Crippen molar-refractivity contribution in [2.75, 3.05) is 5.32 Å². The summed E-state index contributed by atoms with van der Waals surface area (Å²) < 4.78 is 22.6. The van der Waals surface area contributed by atoms with Crippen LogP contribution in [0.4, 0.5) is 5.69 Å². The maximum atomic E-state index is 11.3. The van der Waals surface area contributed by atoms with E-state index in [4.69, 9.17) is 5.14 Å². The van der Waals surface area contributed by atoms with E-state index >= 15 is 0 Å². The molecule has 0 aliphatic carbocycles. The normalized spacial score (nSPS) is 11.5. The summed E-state index contributed by atoms with van der Waals surface area (Å²) in [5.41, 5.74) is 0.487. The third kappa shape index (κ3) is 2.51. The summed E-state index contributed by atoms with van der Waals surface area (Å²) in [6.07, 6.45) is 0. The van der Waals surface area contributed by atoms with Gasteiger partial charge in [0.25, 0.3) is 0 Å². The molecular formula is C12H12N2O4S. The van der Waals surface area contributed by atoms with Crippen LogP contribution in [0.5, 0.6) is 5.75 Å². The Bertz CT molecular complexity index is 769. The minimum atomic E-state index is -4.00. The molecule has 0 aliphatic heterocycles. The van der Waals surface area contributed by atoms with Gasteiger partial charge in [-0.25, -0.2) is 13.6 Å². The fourth-order valence-corrected chi connectivity index (χ4v) is 2.49. The molecule has 2 rings (SSSR count). The third-order valence-electron chi connectivity index (χ3n) is 2.61. The van der Waals surface area contributed by atoms with Gasteiger partial charge in [0, 0.05) is 23.4 Å². The van der Waals surface area contributed by atoms with Crippen LogP contribution in [0.25, 0.3) is 10.8 Å². The number of phenols is 1. The van der Waals surface area contributed by atoms with Crippen LogP contribution in [0.15, 0.2) is 35.2 Å². The molecule has 0 heterocycles. The van der Waals surface area contributed by atoms with Gasteiger partial charge in [0.15, 0.2) is 0 Å². The number of phenolic OH excluding ortho intramolecular Hbond substituents is 1. The monoisotopic (exact) mass is 280 g/mol. The average Bonchev–Trinajstić information content (AvgIpc) is 2.28. The first kappa shape index (κ1) is 13.3. The van der Waals surface area contributed by atoms with E-state index in [2.05, 4.69) is 5.32 Å². The second kappa shape index (κ2) is 4.52. The summed E-state index contributed by atoms with van der Waals surface area (Å²) in [7, 11) is -4.00. The topological polar surface area (TPSA) is 109 Å². The molecule has 0 fully saturated rings. The molecule has 6 nitrogen and oxygen atoms in total. The molecule has 0 saturated carbocycles. The van der Waals surface area contributed by atoms with E-state index in [1.165, 1.54) is 19.1 Å². The molecule has 0 aliphatic rings. The van der Waals surface area contributed by atoms with Crippen molar-refractivity contribution < 1.29 is 18.3 Å². The van der Waals surface area contributed by atoms with E-state index in [0.717, 1.165) is 0 Å². The molecule has 2 aromatic carbocycles. The second-order valence-electron chi connectivity index (χ2n) is 4.04. The van der Waals surface area contributed by atoms with Crippen LogP contribution in [0.1, 0.15) is 6.92 Å². The quantitative estimate of drug-likeness (QED) is 0.766. The van der Waals surface area contributed by atoms with Gasteiger partial charge in [0.1, 0.15) is 10.6 Å². The number of benzene rings is 2. The Hall–Kier alpha value is -2.12. The molecule has 0 aromatic heterocycles. The maximum absolute atomic E-state index is 11.3. The first-order valence-electron chi connectivity index (χ1n) is 5.36. The van der Waals surface area contributed by atoms with Gasteiger partial charge in [-0.2, -0.15) is 0 Å². The molecule has 2 aromatic rings. The maximum Gasteiger partial charge on any atom is 0.241 e. The largest absolute Gasteiger partial charge is 0.506 e. The van der Waals surface area contributed by atoms with Gasteiger partial charge in [-0.05, 0) is 12.1 Å². The van der Waals surface area contributed by atoms with Gasteiger partial charge in [0.2, 0.25) is 15.9 Å². The van der Waals surface area contributed by atoms with Crippen LogP contribution < -0.4 is 10.5 Å². The van der Waals surface area contributed by atoms with Crippen molar-refractivity contribution in [3.63, 3.8) is 0 Å². The molecule has 1 amide bonds. The molecule has 0 radical (unpaired) electrons. The Kier molecular flexibility index (Phi) is 3.17. The summed E-state index contributed by atoms with van der Waals surface area (Å²) in [6.45, 7) is 1.36. The lowest BCUT2D eigenvalue weighted by Gasteiger charge is -2.10. The number of amides is 1. The number of nitrogens with one attached hydrogen (secondary N) is 1. The minimum absolute atomic E-state index is 0.262. The van der Waals surface area contributed by atoms with Crippen molar-refractivity contribution in [2.24, 2.45) is 5.14 Å². The van der Waals surface area contributed by atoms with Crippen LogP contribution >= 0.6 is 0 Å². The van der Waals surface area contributed by atoms with Gasteiger partial charge >= 0.3 is 0 Å². The minimum Gasteiger partial charge on any atom is -0.506 e. The highest BCUT2D eigenvalue weighted by Gasteiger charge is 2.17. The number of carbonyl (C=O) groups is 1. The standard InChI is InChI=1S/C12H12N2O4S/c1-7(15)14-10-4-2-3-9-8(10)5-6-11(12(9)16)19(13,17)18/h2-6,16H,1H3,(H,14,15)(H2,13,17,18). The van der Waals surface area contributed by atoms with Crippen molar-refractivity contribution in [3.8, 4) is 5.75 Å². The number of carbonyl (C=O) groups excluding carboxylic acids is 1. The van der Waals surface area contributed by atoms with Gasteiger partial charge in [-0.1, -0.05) is 18.2 Å².